The third-order valence-electron chi connectivity index (χ3n) is 4.31. The SMILES string of the molecule is C=C(CCc1cccnc1)c1cc(C(N)=NC(=O)c2cccnc2)c(N)nc1N. The second kappa shape index (κ2) is 8.75. The number of nitrogen functional groups attached to an aromatic ring is 2. The molecule has 0 fully saturated rings. The fraction of sp³-hybridized carbons (Fsp3) is 0.0952. The Labute approximate surface area is 168 Å². The molecule has 1 amide bonds. The van der Waals surface area contributed by atoms with Crippen molar-refractivity contribution in [3.8, 4) is 0 Å². The number of nitrogens with zero attached hydrogens (tertiary/aromatic N) is 4. The van der Waals surface area contributed by atoms with E-state index in [1.165, 1.54) is 6.20 Å². The Balaban J connectivity index is 1.84. The summed E-state index contributed by atoms with van der Waals surface area (Å²) in [6.45, 7) is 4.10. The van der Waals surface area contributed by atoms with Crippen molar-refractivity contribution in [3.63, 3.8) is 0 Å². The van der Waals surface area contributed by atoms with Crippen LogP contribution in [0.3, 0.4) is 0 Å². The van der Waals surface area contributed by atoms with Gasteiger partial charge >= 0.3 is 0 Å². The van der Waals surface area contributed by atoms with Crippen LogP contribution < -0.4 is 17.2 Å². The number of pyridine rings is 3. The van der Waals surface area contributed by atoms with E-state index in [-0.39, 0.29) is 17.5 Å². The van der Waals surface area contributed by atoms with E-state index in [1.54, 1.807) is 36.8 Å². The molecule has 0 aliphatic carbocycles. The van der Waals surface area contributed by atoms with Gasteiger partial charge in [0.05, 0.1) is 11.1 Å². The number of amides is 1. The van der Waals surface area contributed by atoms with Crippen LogP contribution in [-0.2, 0) is 6.42 Å². The van der Waals surface area contributed by atoms with Crippen molar-refractivity contribution in [1.82, 2.24) is 15.0 Å². The fourth-order valence-corrected chi connectivity index (χ4v) is 2.73. The van der Waals surface area contributed by atoms with E-state index in [9.17, 15) is 4.79 Å². The monoisotopic (exact) mass is 387 g/mol. The zero-order chi connectivity index (χ0) is 20.8. The number of carbonyl (C=O) groups is 1. The molecule has 0 aliphatic heterocycles. The minimum absolute atomic E-state index is 0.0508. The molecule has 146 valence electrons. The standard InChI is InChI=1S/C21H21N7O/c1-13(6-7-14-4-2-8-25-11-14)16-10-17(19(23)27-18(16)22)20(24)28-21(29)15-5-3-9-26-12-15/h2-5,8-12H,1,6-7H2,(H4,22,23,27)(H2,24,28,29). The Morgan fingerprint density at radius 2 is 1.72 bits per heavy atom. The molecule has 0 bridgehead atoms. The van der Waals surface area contributed by atoms with Gasteiger partial charge in [0.2, 0.25) is 0 Å². The average molecular weight is 387 g/mol. The van der Waals surface area contributed by atoms with E-state index in [2.05, 4.69) is 26.5 Å². The first-order valence-electron chi connectivity index (χ1n) is 8.87. The number of rotatable bonds is 6. The second-order valence-corrected chi connectivity index (χ2v) is 6.36. The van der Waals surface area contributed by atoms with Crippen LogP contribution in [0.15, 0.2) is 66.7 Å². The Hall–Kier alpha value is -4.07. The smallest absolute Gasteiger partial charge is 0.280 e. The van der Waals surface area contributed by atoms with Crippen molar-refractivity contribution in [2.75, 3.05) is 11.5 Å². The molecular formula is C21H21N7O. The van der Waals surface area contributed by atoms with Gasteiger partial charge in [0, 0.05) is 30.4 Å². The molecule has 0 aromatic carbocycles. The van der Waals surface area contributed by atoms with E-state index in [4.69, 9.17) is 17.2 Å². The molecule has 0 saturated heterocycles. The van der Waals surface area contributed by atoms with Crippen molar-refractivity contribution >= 4 is 29.0 Å². The fourth-order valence-electron chi connectivity index (χ4n) is 2.73. The Morgan fingerprint density at radius 3 is 2.38 bits per heavy atom. The lowest BCUT2D eigenvalue weighted by molar-refractivity contribution is 0.100. The van der Waals surface area contributed by atoms with Gasteiger partial charge in [-0.3, -0.25) is 14.8 Å². The van der Waals surface area contributed by atoms with Gasteiger partial charge in [0.15, 0.2) is 0 Å². The molecule has 0 radical (unpaired) electrons. The minimum atomic E-state index is -0.524. The van der Waals surface area contributed by atoms with Crippen molar-refractivity contribution in [1.29, 1.82) is 0 Å². The number of hydrogen-bond acceptors (Lipinski definition) is 6. The minimum Gasteiger partial charge on any atom is -0.383 e. The van der Waals surface area contributed by atoms with Crippen molar-refractivity contribution in [3.05, 3.63) is 84.0 Å². The lowest BCUT2D eigenvalue weighted by Crippen LogP contribution is -2.19. The van der Waals surface area contributed by atoms with E-state index < -0.39 is 5.91 Å². The normalized spacial score (nSPS) is 11.2. The van der Waals surface area contributed by atoms with Gasteiger partial charge in [-0.25, -0.2) is 4.98 Å². The molecule has 8 heteroatoms. The van der Waals surface area contributed by atoms with Gasteiger partial charge in [0.25, 0.3) is 5.91 Å². The number of amidine groups is 1. The summed E-state index contributed by atoms with van der Waals surface area (Å²) in [5.74, 6) is -0.241. The summed E-state index contributed by atoms with van der Waals surface area (Å²) in [6, 6.07) is 8.78. The predicted octanol–water partition coefficient (Wildman–Crippen LogP) is 2.23. The highest BCUT2D eigenvalue weighted by Crippen LogP contribution is 2.26. The molecule has 8 nitrogen and oxygen atoms in total. The zero-order valence-electron chi connectivity index (χ0n) is 15.7. The molecule has 0 saturated carbocycles. The molecule has 3 heterocycles. The van der Waals surface area contributed by atoms with Crippen LogP contribution >= 0.6 is 0 Å². The summed E-state index contributed by atoms with van der Waals surface area (Å²) in [4.78, 5) is 28.3. The van der Waals surface area contributed by atoms with Crippen LogP contribution in [0.1, 0.15) is 33.5 Å². The molecule has 29 heavy (non-hydrogen) atoms. The first kappa shape index (κ1) is 19.7. The van der Waals surface area contributed by atoms with Crippen LogP contribution in [-0.4, -0.2) is 26.7 Å². The van der Waals surface area contributed by atoms with Gasteiger partial charge in [-0.2, -0.15) is 4.99 Å². The van der Waals surface area contributed by atoms with Gasteiger partial charge in [-0.05, 0) is 48.2 Å². The number of aromatic nitrogens is 3. The summed E-state index contributed by atoms with van der Waals surface area (Å²) in [5.41, 5.74) is 21.1. The summed E-state index contributed by atoms with van der Waals surface area (Å²) >= 11 is 0. The van der Waals surface area contributed by atoms with E-state index in [0.717, 1.165) is 17.6 Å². The topological polar surface area (TPSA) is 146 Å². The van der Waals surface area contributed by atoms with Crippen LogP contribution in [0.5, 0.6) is 0 Å². The highest BCUT2D eigenvalue weighted by molar-refractivity contribution is 6.11. The van der Waals surface area contributed by atoms with Crippen LogP contribution in [0, 0.1) is 0 Å². The number of allylic oxidation sites excluding steroid dienone is 1. The number of nitrogens with two attached hydrogens (primary N) is 3. The Morgan fingerprint density at radius 1 is 1.03 bits per heavy atom. The number of hydrogen-bond donors (Lipinski definition) is 3. The molecule has 0 spiro atoms. The Kier molecular flexibility index (Phi) is 5.94. The number of aryl methyl sites for hydroxylation is 1. The Bertz CT molecular complexity index is 1060. The van der Waals surface area contributed by atoms with Crippen molar-refractivity contribution in [2.24, 2.45) is 10.7 Å². The maximum absolute atomic E-state index is 12.3. The second-order valence-electron chi connectivity index (χ2n) is 6.36. The van der Waals surface area contributed by atoms with Crippen molar-refractivity contribution < 1.29 is 4.79 Å². The lowest BCUT2D eigenvalue weighted by Gasteiger charge is -2.13. The molecule has 0 aliphatic rings. The zero-order valence-corrected chi connectivity index (χ0v) is 15.7. The van der Waals surface area contributed by atoms with Crippen LogP contribution in [0.2, 0.25) is 0 Å². The molecule has 3 rings (SSSR count). The molecule has 3 aromatic heterocycles. The summed E-state index contributed by atoms with van der Waals surface area (Å²) < 4.78 is 0. The average Bonchev–Trinajstić information content (AvgIpc) is 2.73. The van der Waals surface area contributed by atoms with E-state index >= 15 is 0 Å². The first-order chi connectivity index (χ1) is 14.0. The predicted molar refractivity (Wildman–Crippen MR) is 114 cm³/mol. The highest BCUT2D eigenvalue weighted by atomic mass is 16.1. The molecule has 6 N–H and O–H groups in total. The van der Waals surface area contributed by atoms with Crippen molar-refractivity contribution in [2.45, 2.75) is 12.8 Å². The summed E-state index contributed by atoms with van der Waals surface area (Å²) in [6.07, 6.45) is 7.89. The molecule has 0 atom stereocenters. The molecule has 3 aromatic rings. The third-order valence-corrected chi connectivity index (χ3v) is 4.31. The van der Waals surface area contributed by atoms with Gasteiger partial charge in [-0.15, -0.1) is 0 Å². The number of aliphatic imine (C=N–C) groups is 1. The van der Waals surface area contributed by atoms with E-state index in [1.807, 2.05) is 12.1 Å². The van der Waals surface area contributed by atoms with Gasteiger partial charge in [0.1, 0.15) is 17.5 Å². The van der Waals surface area contributed by atoms with Crippen LogP contribution in [0.4, 0.5) is 11.6 Å². The van der Waals surface area contributed by atoms with Gasteiger partial charge < -0.3 is 17.2 Å². The largest absolute Gasteiger partial charge is 0.383 e. The van der Waals surface area contributed by atoms with Crippen LogP contribution in [0.25, 0.3) is 5.57 Å². The number of anilines is 2. The highest BCUT2D eigenvalue weighted by Gasteiger charge is 2.15. The number of carbonyl (C=O) groups excluding carboxylic acids is 1. The maximum Gasteiger partial charge on any atom is 0.280 e. The van der Waals surface area contributed by atoms with Gasteiger partial charge in [-0.1, -0.05) is 12.6 Å². The first-order valence-corrected chi connectivity index (χ1v) is 8.87. The van der Waals surface area contributed by atoms with E-state index in [0.29, 0.717) is 23.1 Å². The maximum atomic E-state index is 12.3. The summed E-state index contributed by atoms with van der Waals surface area (Å²) in [5, 5.41) is 0. The molecular weight excluding hydrogens is 366 g/mol. The lowest BCUT2D eigenvalue weighted by atomic mass is 9.99. The molecule has 0 unspecified atom stereocenters. The third kappa shape index (κ3) is 4.81. The quantitative estimate of drug-likeness (QED) is 0.434. The summed E-state index contributed by atoms with van der Waals surface area (Å²) in [7, 11) is 0.